The second-order valence-electron chi connectivity index (χ2n) is 4.22. The lowest BCUT2D eigenvalue weighted by Gasteiger charge is -2.02. The summed E-state index contributed by atoms with van der Waals surface area (Å²) in [4.78, 5) is 0. The van der Waals surface area contributed by atoms with Crippen LogP contribution in [0.1, 0.15) is 5.56 Å². The average Bonchev–Trinajstić information content (AvgIpc) is 2.84. The van der Waals surface area contributed by atoms with E-state index < -0.39 is 0 Å². The number of nitrogen functional groups attached to an aromatic ring is 1. The van der Waals surface area contributed by atoms with Gasteiger partial charge in [-0.2, -0.15) is 0 Å². The van der Waals surface area contributed by atoms with Gasteiger partial charge in [0.05, 0.1) is 11.2 Å². The third-order valence-corrected chi connectivity index (χ3v) is 3.05. The van der Waals surface area contributed by atoms with Crippen molar-refractivity contribution in [2.75, 3.05) is 5.73 Å². The number of nitrogens with zero attached hydrogens (tertiary/aromatic N) is 2. The molecule has 4 heteroatoms. The lowest BCUT2D eigenvalue weighted by Crippen LogP contribution is -1.92. The number of fused-ring (bicyclic) bond motifs is 1. The minimum Gasteiger partial charge on any atom is -0.368 e. The summed E-state index contributed by atoms with van der Waals surface area (Å²) in [6, 6.07) is 10.1. The van der Waals surface area contributed by atoms with Crippen molar-refractivity contribution >= 4 is 16.8 Å². The monoisotopic (exact) mass is 227 g/mol. The Bertz CT molecular complexity index is 694. The van der Waals surface area contributed by atoms with Crippen LogP contribution in [0.5, 0.6) is 0 Å². The molecule has 0 radical (unpaired) electrons. The van der Waals surface area contributed by atoms with Crippen molar-refractivity contribution in [3.8, 4) is 11.4 Å². The van der Waals surface area contributed by atoms with Crippen molar-refractivity contribution in [1.82, 2.24) is 9.72 Å². The summed E-state index contributed by atoms with van der Waals surface area (Å²) in [6.45, 7) is 2.10. The van der Waals surface area contributed by atoms with Gasteiger partial charge in [0.2, 0.25) is 5.88 Å². The SMILES string of the molecule is Cc1cccc2cc(-c3cc(N)on3)n(C)c12. The average molecular weight is 227 g/mol. The van der Waals surface area contributed by atoms with Gasteiger partial charge in [-0.05, 0) is 18.6 Å². The van der Waals surface area contributed by atoms with Gasteiger partial charge >= 0.3 is 0 Å². The van der Waals surface area contributed by atoms with Crippen molar-refractivity contribution in [3.05, 3.63) is 35.9 Å². The van der Waals surface area contributed by atoms with Crippen LogP contribution in [0.2, 0.25) is 0 Å². The lowest BCUT2D eigenvalue weighted by molar-refractivity contribution is 0.439. The highest BCUT2D eigenvalue weighted by Gasteiger charge is 2.12. The molecular formula is C13H13N3O. The van der Waals surface area contributed by atoms with E-state index in [1.807, 2.05) is 7.05 Å². The molecule has 0 saturated heterocycles. The van der Waals surface area contributed by atoms with Crippen molar-refractivity contribution < 1.29 is 4.52 Å². The summed E-state index contributed by atoms with van der Waals surface area (Å²) < 4.78 is 7.03. The number of para-hydroxylation sites is 1. The van der Waals surface area contributed by atoms with E-state index in [1.165, 1.54) is 16.5 Å². The number of aromatic nitrogens is 2. The highest BCUT2D eigenvalue weighted by molar-refractivity contribution is 5.88. The molecule has 0 atom stereocenters. The van der Waals surface area contributed by atoms with Crippen LogP contribution in [0.25, 0.3) is 22.3 Å². The standard InChI is InChI=1S/C13H13N3O/c1-8-4-3-5-9-6-11(16(2)13(8)9)10-7-12(14)17-15-10/h3-7H,14H2,1-2H3. The zero-order chi connectivity index (χ0) is 12.0. The lowest BCUT2D eigenvalue weighted by atomic mass is 10.2. The molecule has 2 aromatic heterocycles. The molecule has 0 amide bonds. The van der Waals surface area contributed by atoms with Gasteiger partial charge in [-0.1, -0.05) is 23.4 Å². The van der Waals surface area contributed by atoms with Crippen LogP contribution in [0.4, 0.5) is 5.88 Å². The maximum atomic E-state index is 5.55. The normalized spacial score (nSPS) is 11.2. The second kappa shape index (κ2) is 3.38. The van der Waals surface area contributed by atoms with Crippen LogP contribution in [-0.2, 0) is 7.05 Å². The summed E-state index contributed by atoms with van der Waals surface area (Å²) in [5, 5.41) is 5.15. The van der Waals surface area contributed by atoms with Crippen molar-refractivity contribution in [1.29, 1.82) is 0 Å². The van der Waals surface area contributed by atoms with Gasteiger partial charge in [-0.15, -0.1) is 0 Å². The molecule has 0 unspecified atom stereocenters. The zero-order valence-corrected chi connectivity index (χ0v) is 9.77. The summed E-state index contributed by atoms with van der Waals surface area (Å²) in [7, 11) is 2.02. The Labute approximate surface area is 98.6 Å². The van der Waals surface area contributed by atoms with Crippen LogP contribution < -0.4 is 5.73 Å². The van der Waals surface area contributed by atoms with Crippen LogP contribution in [-0.4, -0.2) is 9.72 Å². The third kappa shape index (κ3) is 1.41. The summed E-state index contributed by atoms with van der Waals surface area (Å²) in [5.41, 5.74) is 9.78. The summed E-state index contributed by atoms with van der Waals surface area (Å²) in [6.07, 6.45) is 0. The highest BCUT2D eigenvalue weighted by Crippen LogP contribution is 2.28. The van der Waals surface area contributed by atoms with E-state index >= 15 is 0 Å². The van der Waals surface area contributed by atoms with Gasteiger partial charge in [0, 0.05) is 18.5 Å². The molecule has 86 valence electrons. The maximum Gasteiger partial charge on any atom is 0.222 e. The van der Waals surface area contributed by atoms with Crippen molar-refractivity contribution in [2.45, 2.75) is 6.92 Å². The van der Waals surface area contributed by atoms with E-state index in [-0.39, 0.29) is 0 Å². The molecule has 0 fully saturated rings. The summed E-state index contributed by atoms with van der Waals surface area (Å²) >= 11 is 0. The molecule has 17 heavy (non-hydrogen) atoms. The van der Waals surface area contributed by atoms with Gasteiger partial charge < -0.3 is 14.8 Å². The van der Waals surface area contributed by atoms with E-state index in [1.54, 1.807) is 6.07 Å². The molecule has 3 rings (SSSR count). The van der Waals surface area contributed by atoms with Crippen LogP contribution in [0.3, 0.4) is 0 Å². The second-order valence-corrected chi connectivity index (χ2v) is 4.22. The minimum atomic E-state index is 0.335. The first-order chi connectivity index (χ1) is 8.16. The first-order valence-electron chi connectivity index (χ1n) is 5.44. The fourth-order valence-corrected chi connectivity index (χ4v) is 2.28. The molecule has 0 spiro atoms. The predicted octanol–water partition coefficient (Wildman–Crippen LogP) is 2.72. The molecule has 0 bridgehead atoms. The molecule has 0 saturated carbocycles. The first-order valence-corrected chi connectivity index (χ1v) is 5.44. The quantitative estimate of drug-likeness (QED) is 0.695. The van der Waals surface area contributed by atoms with E-state index in [2.05, 4.69) is 40.9 Å². The molecule has 1 aromatic carbocycles. The molecule has 2 N–H and O–H groups in total. The van der Waals surface area contributed by atoms with E-state index in [0.29, 0.717) is 5.88 Å². The molecule has 2 heterocycles. The van der Waals surface area contributed by atoms with E-state index in [9.17, 15) is 0 Å². The van der Waals surface area contributed by atoms with Gasteiger partial charge in [-0.3, -0.25) is 0 Å². The fraction of sp³-hybridized carbons (Fsp3) is 0.154. The Kier molecular flexibility index (Phi) is 1.98. The maximum absolute atomic E-state index is 5.55. The van der Waals surface area contributed by atoms with Gasteiger partial charge in [0.15, 0.2) is 0 Å². The van der Waals surface area contributed by atoms with Gasteiger partial charge in [0.1, 0.15) is 5.69 Å². The Morgan fingerprint density at radius 2 is 2.12 bits per heavy atom. The molecule has 3 aromatic rings. The predicted molar refractivity (Wildman–Crippen MR) is 67.6 cm³/mol. The molecule has 0 aliphatic rings. The van der Waals surface area contributed by atoms with Gasteiger partial charge in [0.25, 0.3) is 0 Å². The molecule has 0 aliphatic heterocycles. The van der Waals surface area contributed by atoms with Crippen LogP contribution >= 0.6 is 0 Å². The van der Waals surface area contributed by atoms with Crippen molar-refractivity contribution in [3.63, 3.8) is 0 Å². The number of benzene rings is 1. The smallest absolute Gasteiger partial charge is 0.222 e. The Morgan fingerprint density at radius 3 is 2.76 bits per heavy atom. The van der Waals surface area contributed by atoms with E-state index in [0.717, 1.165) is 11.4 Å². The van der Waals surface area contributed by atoms with Crippen LogP contribution in [0, 0.1) is 6.92 Å². The van der Waals surface area contributed by atoms with E-state index in [4.69, 9.17) is 10.3 Å². The number of hydrogen-bond acceptors (Lipinski definition) is 3. The molecule has 4 nitrogen and oxygen atoms in total. The van der Waals surface area contributed by atoms with Crippen molar-refractivity contribution in [2.24, 2.45) is 7.05 Å². The number of rotatable bonds is 1. The number of nitrogens with two attached hydrogens (primary N) is 1. The topological polar surface area (TPSA) is 57.0 Å². The summed E-state index contributed by atoms with van der Waals surface area (Å²) in [5.74, 6) is 0.335. The Hall–Kier alpha value is -2.23. The number of aryl methyl sites for hydroxylation is 2. The fourth-order valence-electron chi connectivity index (χ4n) is 2.28. The van der Waals surface area contributed by atoms with Gasteiger partial charge in [-0.25, -0.2) is 0 Å². The molecule has 0 aliphatic carbocycles. The highest BCUT2D eigenvalue weighted by atomic mass is 16.5. The Morgan fingerprint density at radius 1 is 1.29 bits per heavy atom. The largest absolute Gasteiger partial charge is 0.368 e. The Balaban J connectivity index is 2.32. The first kappa shape index (κ1) is 9.96. The van der Waals surface area contributed by atoms with Crippen LogP contribution in [0.15, 0.2) is 34.9 Å². The number of anilines is 1. The molecular weight excluding hydrogens is 214 g/mol. The third-order valence-electron chi connectivity index (χ3n) is 3.05. The minimum absolute atomic E-state index is 0.335. The zero-order valence-electron chi connectivity index (χ0n) is 9.77. The number of hydrogen-bond donors (Lipinski definition) is 1.